The van der Waals surface area contributed by atoms with Gasteiger partial charge in [0.05, 0.1) is 33.6 Å². The van der Waals surface area contributed by atoms with E-state index in [4.69, 9.17) is 5.11 Å². The smallest absolute Gasteiger partial charge is 0.460 e. The van der Waals surface area contributed by atoms with Crippen molar-refractivity contribution in [1.82, 2.24) is 4.31 Å². The van der Waals surface area contributed by atoms with Gasteiger partial charge in [-0.25, -0.2) is 8.42 Å². The van der Waals surface area contributed by atoms with Gasteiger partial charge in [-0.1, -0.05) is 6.92 Å². The van der Waals surface area contributed by atoms with Crippen LogP contribution in [-0.4, -0.2) is 91.8 Å². The van der Waals surface area contributed by atoms with Crippen molar-refractivity contribution in [2.24, 2.45) is 0 Å². The highest BCUT2D eigenvalue weighted by atomic mass is 32.2. The first-order chi connectivity index (χ1) is 13.1. The second-order valence-electron chi connectivity index (χ2n) is 7.04. The monoisotopic (exact) mass is 485 g/mol. The van der Waals surface area contributed by atoms with Crippen LogP contribution in [0.4, 0.5) is 39.5 Å². The van der Waals surface area contributed by atoms with E-state index < -0.39 is 52.4 Å². The number of rotatable bonds is 12. The van der Waals surface area contributed by atoms with Gasteiger partial charge in [-0.3, -0.25) is 4.79 Å². The first-order valence-corrected chi connectivity index (χ1v) is 9.76. The Bertz CT molecular complexity index is 709. The summed E-state index contributed by atoms with van der Waals surface area (Å²) in [5.74, 6) is -15.7. The Labute approximate surface area is 166 Å². The number of carbonyl (C=O) groups is 1. The molecule has 0 bridgehead atoms. The summed E-state index contributed by atoms with van der Waals surface area (Å²) in [6.07, 6.45) is -7.71. The molecule has 0 unspecified atom stereocenters. The third-order valence-electron chi connectivity index (χ3n) is 4.23. The molecule has 0 saturated carbocycles. The molecule has 16 heteroatoms. The molecule has 0 heterocycles. The topological polar surface area (TPSA) is 74.7 Å². The Morgan fingerprint density at radius 3 is 1.77 bits per heavy atom. The lowest BCUT2D eigenvalue weighted by Gasteiger charge is -2.36. The van der Waals surface area contributed by atoms with Crippen molar-refractivity contribution in [2.45, 2.75) is 43.0 Å². The fourth-order valence-corrected chi connectivity index (χ4v) is 3.80. The maximum absolute atomic E-state index is 13.9. The van der Waals surface area contributed by atoms with E-state index in [2.05, 4.69) is 0 Å². The average molecular weight is 485 g/mol. The van der Waals surface area contributed by atoms with E-state index in [0.717, 1.165) is 6.92 Å². The molecule has 0 aliphatic rings. The number of aliphatic carboxylic acids is 1. The van der Waals surface area contributed by atoms with Crippen molar-refractivity contribution >= 4 is 16.0 Å². The maximum Gasteiger partial charge on any atom is 0.460 e. The van der Waals surface area contributed by atoms with Crippen molar-refractivity contribution in [3.8, 4) is 0 Å². The van der Waals surface area contributed by atoms with Crippen LogP contribution in [-0.2, 0) is 14.8 Å². The van der Waals surface area contributed by atoms with Crippen LogP contribution in [0.3, 0.4) is 0 Å². The van der Waals surface area contributed by atoms with Crippen molar-refractivity contribution in [2.75, 3.05) is 40.3 Å². The quantitative estimate of drug-likeness (QED) is 0.341. The molecular weight excluding hydrogens is 463 g/mol. The Morgan fingerprint density at radius 2 is 1.40 bits per heavy atom. The van der Waals surface area contributed by atoms with Crippen LogP contribution >= 0.6 is 0 Å². The zero-order valence-electron chi connectivity index (χ0n) is 16.1. The van der Waals surface area contributed by atoms with Crippen LogP contribution in [0.1, 0.15) is 19.8 Å². The van der Waals surface area contributed by atoms with Crippen LogP contribution in [0.5, 0.6) is 0 Å². The van der Waals surface area contributed by atoms with E-state index in [1.165, 1.54) is 14.1 Å². The van der Waals surface area contributed by atoms with Crippen molar-refractivity contribution in [3.05, 3.63) is 0 Å². The van der Waals surface area contributed by atoms with Gasteiger partial charge in [-0.2, -0.15) is 43.8 Å². The van der Waals surface area contributed by atoms with Gasteiger partial charge in [0, 0.05) is 19.5 Å². The fourth-order valence-electron chi connectivity index (χ4n) is 2.32. The predicted octanol–water partition coefficient (Wildman–Crippen LogP) is 3.01. The average Bonchev–Trinajstić information content (AvgIpc) is 2.55. The molecule has 0 aliphatic carbocycles. The molecular formula is C14H22F9N2O4S+. The fraction of sp³-hybridized carbons (Fsp3) is 0.929. The molecule has 0 spiro atoms. The minimum atomic E-state index is -7.31. The zero-order valence-corrected chi connectivity index (χ0v) is 16.9. The van der Waals surface area contributed by atoms with E-state index >= 15 is 0 Å². The number of halogens is 9. The number of hydrogen-bond donors (Lipinski definition) is 1. The summed E-state index contributed by atoms with van der Waals surface area (Å²) in [5, 5.41) is 1.87. The number of alkyl halides is 9. The highest BCUT2D eigenvalue weighted by molar-refractivity contribution is 7.90. The first kappa shape index (κ1) is 28.7. The highest BCUT2D eigenvalue weighted by Crippen LogP contribution is 2.55. The van der Waals surface area contributed by atoms with Gasteiger partial charge in [0.25, 0.3) is 10.0 Å². The zero-order chi connectivity index (χ0) is 24.4. The number of hydrogen-bond acceptors (Lipinski definition) is 3. The lowest BCUT2D eigenvalue weighted by atomic mass is 10.1. The molecule has 0 saturated heterocycles. The molecule has 180 valence electrons. The van der Waals surface area contributed by atoms with Crippen LogP contribution < -0.4 is 0 Å². The summed E-state index contributed by atoms with van der Waals surface area (Å²) in [6, 6.07) is 0. The number of carboxylic acids is 1. The lowest BCUT2D eigenvalue weighted by Crippen LogP contribution is -2.65. The molecule has 0 aromatic carbocycles. The predicted molar refractivity (Wildman–Crippen MR) is 85.8 cm³/mol. The van der Waals surface area contributed by atoms with Gasteiger partial charge in [0.2, 0.25) is 0 Å². The normalized spacial score (nSPS) is 15.0. The van der Waals surface area contributed by atoms with Gasteiger partial charge in [-0.05, 0) is 0 Å². The summed E-state index contributed by atoms with van der Waals surface area (Å²) in [6.45, 7) is -0.886. The molecule has 30 heavy (non-hydrogen) atoms. The van der Waals surface area contributed by atoms with Crippen LogP contribution in [0.15, 0.2) is 0 Å². The second-order valence-corrected chi connectivity index (χ2v) is 9.02. The largest absolute Gasteiger partial charge is 0.481 e. The Morgan fingerprint density at radius 1 is 0.933 bits per heavy atom. The molecule has 0 amide bonds. The van der Waals surface area contributed by atoms with Crippen molar-refractivity contribution in [1.29, 1.82) is 0 Å². The van der Waals surface area contributed by atoms with E-state index in [0.29, 0.717) is 0 Å². The maximum atomic E-state index is 13.9. The third-order valence-corrected chi connectivity index (χ3v) is 6.26. The van der Waals surface area contributed by atoms with Crippen molar-refractivity contribution in [3.63, 3.8) is 0 Å². The molecule has 6 nitrogen and oxygen atoms in total. The standard InChI is InChI=1S/C14H21F9N2O4S/c1-4-24(7-5-8-25(2,3)9-6-10(26)27)30(28,29)14(22,23)12(17,18)11(15,16)13(19,20)21/h4-9H2,1-3H3/p+1. The number of nitrogens with zero attached hydrogens (tertiary/aromatic N) is 2. The Balaban J connectivity index is 5.62. The second kappa shape index (κ2) is 9.06. The molecule has 0 rings (SSSR count). The summed E-state index contributed by atoms with van der Waals surface area (Å²) in [5.41, 5.74) is 0. The van der Waals surface area contributed by atoms with Crippen molar-refractivity contribution < 1.29 is 62.3 Å². The van der Waals surface area contributed by atoms with Crippen LogP contribution in [0.2, 0.25) is 0 Å². The summed E-state index contributed by atoms with van der Waals surface area (Å²) >= 11 is 0. The van der Waals surface area contributed by atoms with Gasteiger partial charge >= 0.3 is 29.2 Å². The molecule has 0 aliphatic heterocycles. The Hall–Kier alpha value is -1.29. The molecule has 0 fully saturated rings. The Kier molecular flexibility index (Phi) is 8.67. The minimum Gasteiger partial charge on any atom is -0.481 e. The molecule has 1 N–H and O–H groups in total. The lowest BCUT2D eigenvalue weighted by molar-refractivity contribution is -0.889. The summed E-state index contributed by atoms with van der Waals surface area (Å²) in [7, 11) is -3.63. The van der Waals surface area contributed by atoms with E-state index in [1.807, 2.05) is 0 Å². The highest BCUT2D eigenvalue weighted by Gasteiger charge is 2.85. The van der Waals surface area contributed by atoms with Gasteiger partial charge in [0.1, 0.15) is 0 Å². The van der Waals surface area contributed by atoms with Gasteiger partial charge < -0.3 is 9.59 Å². The number of carboxylic acid groups (broad SMARTS) is 1. The van der Waals surface area contributed by atoms with E-state index in [9.17, 15) is 52.7 Å². The molecule has 0 aromatic rings. The van der Waals surface area contributed by atoms with Gasteiger partial charge in [0.15, 0.2) is 0 Å². The van der Waals surface area contributed by atoms with E-state index in [-0.39, 0.29) is 34.7 Å². The number of quaternary nitrogens is 1. The molecule has 0 radical (unpaired) electrons. The van der Waals surface area contributed by atoms with Gasteiger partial charge in [-0.15, -0.1) is 0 Å². The SMILES string of the molecule is CCN(CCC[N+](C)(C)CCC(=O)O)S(=O)(=O)C(F)(F)C(F)(F)C(F)(F)C(F)(F)F. The van der Waals surface area contributed by atoms with Crippen LogP contribution in [0, 0.1) is 0 Å². The molecule has 0 aromatic heterocycles. The number of sulfonamides is 1. The summed E-state index contributed by atoms with van der Waals surface area (Å²) in [4.78, 5) is 10.6. The third kappa shape index (κ3) is 5.69. The van der Waals surface area contributed by atoms with Crippen LogP contribution in [0.25, 0.3) is 0 Å². The van der Waals surface area contributed by atoms with E-state index in [1.54, 1.807) is 0 Å². The molecule has 0 atom stereocenters. The minimum absolute atomic E-state index is 0.0278. The first-order valence-electron chi connectivity index (χ1n) is 8.32. The summed E-state index contributed by atoms with van der Waals surface area (Å²) < 4.78 is 141.